The molecule has 0 aliphatic carbocycles. The van der Waals surface area contributed by atoms with Crippen LogP contribution in [0.25, 0.3) is 0 Å². The second-order valence-corrected chi connectivity index (χ2v) is 6.92. The number of likely N-dealkylation sites (N-methyl/N-ethyl adjacent to an activating group) is 1. The molecule has 0 aliphatic heterocycles. The van der Waals surface area contributed by atoms with E-state index in [1.807, 2.05) is 60.7 Å². The minimum Gasteiger partial charge on any atom is -0.494 e. The van der Waals surface area contributed by atoms with E-state index < -0.39 is 0 Å². The Balaban J connectivity index is 1.63. The van der Waals surface area contributed by atoms with Crippen LogP contribution >= 0.6 is 0 Å². The van der Waals surface area contributed by atoms with Crippen molar-refractivity contribution in [2.75, 3.05) is 26.7 Å². The van der Waals surface area contributed by atoms with Crippen LogP contribution in [0.1, 0.15) is 41.6 Å². The van der Waals surface area contributed by atoms with Crippen LogP contribution in [0.2, 0.25) is 0 Å². The molecule has 0 aliphatic rings. The number of hydrogen-bond acceptors (Lipinski definition) is 3. The van der Waals surface area contributed by atoms with Crippen molar-refractivity contribution < 1.29 is 9.53 Å². The van der Waals surface area contributed by atoms with Gasteiger partial charge >= 0.3 is 0 Å². The molecule has 0 heterocycles. The van der Waals surface area contributed by atoms with Crippen LogP contribution in [0.3, 0.4) is 0 Å². The van der Waals surface area contributed by atoms with Crippen LogP contribution in [-0.2, 0) is 6.42 Å². The number of unbranched alkanes of at least 4 members (excludes halogenated alkanes) is 3. The number of hydrogen-bond donors (Lipinski definition) is 0. The molecule has 0 N–H and O–H groups in total. The van der Waals surface area contributed by atoms with Crippen LogP contribution in [0.4, 0.5) is 0 Å². The number of rotatable bonds is 13. The monoisotopic (exact) mass is 365 g/mol. The molecule has 144 valence electrons. The van der Waals surface area contributed by atoms with Crippen LogP contribution in [-0.4, -0.2) is 37.4 Å². The molecule has 27 heavy (non-hydrogen) atoms. The van der Waals surface area contributed by atoms with Crippen molar-refractivity contribution >= 4 is 5.78 Å². The Hall–Kier alpha value is -2.39. The van der Waals surface area contributed by atoms with Crippen molar-refractivity contribution in [1.29, 1.82) is 0 Å². The summed E-state index contributed by atoms with van der Waals surface area (Å²) in [6, 6.07) is 17.3. The zero-order valence-corrected chi connectivity index (χ0v) is 16.4. The summed E-state index contributed by atoms with van der Waals surface area (Å²) in [5.74, 6) is 0.964. The number of benzene rings is 2. The van der Waals surface area contributed by atoms with Gasteiger partial charge in [0.1, 0.15) is 5.75 Å². The summed E-state index contributed by atoms with van der Waals surface area (Å²) >= 11 is 0. The number of ketones is 1. The number of nitrogens with zero attached hydrogens (tertiary/aromatic N) is 1. The molecule has 2 aromatic rings. The fourth-order valence-corrected chi connectivity index (χ4v) is 2.96. The molecule has 2 aromatic carbocycles. The van der Waals surface area contributed by atoms with Crippen molar-refractivity contribution in [3.8, 4) is 5.75 Å². The molecule has 0 aromatic heterocycles. The molecule has 0 amide bonds. The number of carbonyl (C=O) groups is 1. The molecule has 0 saturated heterocycles. The fraction of sp³-hybridized carbons (Fsp3) is 0.375. The topological polar surface area (TPSA) is 29.5 Å². The molecule has 2 rings (SSSR count). The van der Waals surface area contributed by atoms with Gasteiger partial charge in [-0.1, -0.05) is 49.2 Å². The maximum absolute atomic E-state index is 12.3. The summed E-state index contributed by atoms with van der Waals surface area (Å²) < 4.78 is 5.79. The highest BCUT2D eigenvalue weighted by molar-refractivity contribution is 5.97. The first-order valence-corrected chi connectivity index (χ1v) is 9.78. The number of ether oxygens (including phenoxy) is 1. The zero-order valence-electron chi connectivity index (χ0n) is 16.4. The molecule has 3 nitrogen and oxygen atoms in total. The lowest BCUT2D eigenvalue weighted by molar-refractivity contribution is 0.0993. The average Bonchev–Trinajstić information content (AvgIpc) is 2.68. The van der Waals surface area contributed by atoms with E-state index >= 15 is 0 Å². The third-order valence-electron chi connectivity index (χ3n) is 4.53. The smallest absolute Gasteiger partial charge is 0.167 e. The minimum absolute atomic E-state index is 0.133. The molecule has 3 heteroatoms. The molecule has 0 unspecified atom stereocenters. The first-order chi connectivity index (χ1) is 13.2. The van der Waals surface area contributed by atoms with Gasteiger partial charge < -0.3 is 9.64 Å². The number of Topliss-reactive ketones (excluding diaryl/α,β-unsaturated/α-hetero) is 1. The standard InChI is InChI=1S/C24H31NO2/c1-3-17-25(2)18-9-4-5-10-19-27-23-15-13-22(14-16-23)24(26)20-21-11-7-6-8-12-21/h3,6-8,11-16H,1,4-5,9-10,17-20H2,2H3. The van der Waals surface area contributed by atoms with Crippen LogP contribution < -0.4 is 4.74 Å². The van der Waals surface area contributed by atoms with Gasteiger partial charge in [-0.3, -0.25) is 4.79 Å². The molecular formula is C24H31NO2. The second kappa shape index (κ2) is 12.1. The van der Waals surface area contributed by atoms with Gasteiger partial charge in [0.15, 0.2) is 5.78 Å². The van der Waals surface area contributed by atoms with E-state index in [4.69, 9.17) is 4.74 Å². The molecule has 0 spiro atoms. The molecule has 0 bridgehead atoms. The molecule has 0 saturated carbocycles. The Kier molecular flexibility index (Phi) is 9.36. The normalized spacial score (nSPS) is 10.7. The van der Waals surface area contributed by atoms with Gasteiger partial charge in [0.25, 0.3) is 0 Å². The Labute approximate surface area is 163 Å². The van der Waals surface area contributed by atoms with Gasteiger partial charge in [-0.25, -0.2) is 0 Å². The van der Waals surface area contributed by atoms with Crippen LogP contribution in [0.5, 0.6) is 5.75 Å². The SMILES string of the molecule is C=CCN(C)CCCCCCOc1ccc(C(=O)Cc2ccccc2)cc1. The van der Waals surface area contributed by atoms with Crippen molar-refractivity contribution in [2.24, 2.45) is 0 Å². The number of carbonyl (C=O) groups excluding carboxylic acids is 1. The summed E-state index contributed by atoms with van der Waals surface area (Å²) in [6.45, 7) is 6.54. The van der Waals surface area contributed by atoms with Gasteiger partial charge in [0.2, 0.25) is 0 Å². The van der Waals surface area contributed by atoms with E-state index in [-0.39, 0.29) is 5.78 Å². The summed E-state index contributed by atoms with van der Waals surface area (Å²) in [5, 5.41) is 0. The fourth-order valence-electron chi connectivity index (χ4n) is 2.96. The molecular weight excluding hydrogens is 334 g/mol. The van der Waals surface area contributed by atoms with Crippen molar-refractivity contribution in [3.05, 3.63) is 78.4 Å². The van der Waals surface area contributed by atoms with E-state index in [1.54, 1.807) is 0 Å². The van der Waals surface area contributed by atoms with Gasteiger partial charge in [-0.05, 0) is 56.3 Å². The Morgan fingerprint density at radius 2 is 1.70 bits per heavy atom. The highest BCUT2D eigenvalue weighted by Crippen LogP contribution is 2.15. The summed E-state index contributed by atoms with van der Waals surface area (Å²) in [7, 11) is 2.12. The first kappa shape index (κ1) is 20.9. The quantitative estimate of drug-likeness (QED) is 0.279. The highest BCUT2D eigenvalue weighted by atomic mass is 16.5. The Bertz CT molecular complexity index is 679. The van der Waals surface area contributed by atoms with Gasteiger partial charge in [0.05, 0.1) is 6.61 Å². The van der Waals surface area contributed by atoms with Gasteiger partial charge in [-0.15, -0.1) is 6.58 Å². The third-order valence-corrected chi connectivity index (χ3v) is 4.53. The molecule has 0 atom stereocenters. The molecule has 0 fully saturated rings. The van der Waals surface area contributed by atoms with Crippen LogP contribution in [0, 0.1) is 0 Å². The Morgan fingerprint density at radius 1 is 1.00 bits per heavy atom. The lowest BCUT2D eigenvalue weighted by atomic mass is 10.0. The highest BCUT2D eigenvalue weighted by Gasteiger charge is 2.07. The largest absolute Gasteiger partial charge is 0.494 e. The zero-order chi connectivity index (χ0) is 19.3. The Morgan fingerprint density at radius 3 is 2.41 bits per heavy atom. The van der Waals surface area contributed by atoms with Crippen molar-refractivity contribution in [2.45, 2.75) is 32.1 Å². The van der Waals surface area contributed by atoms with Gasteiger partial charge in [0, 0.05) is 18.5 Å². The first-order valence-electron chi connectivity index (χ1n) is 9.78. The van der Waals surface area contributed by atoms with E-state index in [2.05, 4.69) is 18.5 Å². The summed E-state index contributed by atoms with van der Waals surface area (Å²) in [4.78, 5) is 14.6. The average molecular weight is 366 g/mol. The summed E-state index contributed by atoms with van der Waals surface area (Å²) in [6.07, 6.45) is 7.03. The predicted octanol–water partition coefficient (Wildman–Crippen LogP) is 5.17. The summed E-state index contributed by atoms with van der Waals surface area (Å²) in [5.41, 5.74) is 1.77. The maximum Gasteiger partial charge on any atom is 0.167 e. The van der Waals surface area contributed by atoms with E-state index in [0.29, 0.717) is 6.42 Å². The minimum atomic E-state index is 0.133. The van der Waals surface area contributed by atoms with E-state index in [9.17, 15) is 4.79 Å². The predicted molar refractivity (Wildman–Crippen MR) is 113 cm³/mol. The van der Waals surface area contributed by atoms with Crippen molar-refractivity contribution in [3.63, 3.8) is 0 Å². The second-order valence-electron chi connectivity index (χ2n) is 6.92. The maximum atomic E-state index is 12.3. The van der Waals surface area contributed by atoms with Crippen LogP contribution in [0.15, 0.2) is 67.3 Å². The van der Waals surface area contributed by atoms with E-state index in [0.717, 1.165) is 43.0 Å². The van der Waals surface area contributed by atoms with Crippen molar-refractivity contribution in [1.82, 2.24) is 4.90 Å². The lowest BCUT2D eigenvalue weighted by Gasteiger charge is -2.13. The lowest BCUT2D eigenvalue weighted by Crippen LogP contribution is -2.19. The molecule has 0 radical (unpaired) electrons. The van der Waals surface area contributed by atoms with E-state index in [1.165, 1.54) is 19.3 Å². The van der Waals surface area contributed by atoms with Gasteiger partial charge in [-0.2, -0.15) is 0 Å². The third kappa shape index (κ3) is 8.23.